The molecule has 1 amide bonds. The average Bonchev–Trinajstić information content (AvgIpc) is 2.93. The predicted molar refractivity (Wildman–Crippen MR) is 79.9 cm³/mol. The highest BCUT2D eigenvalue weighted by Crippen LogP contribution is 2.07. The molecular formula is C13H24N4O3S. The predicted octanol–water partition coefficient (Wildman–Crippen LogP) is 1.94. The van der Waals surface area contributed by atoms with Crippen LogP contribution in [0.2, 0.25) is 0 Å². The average molecular weight is 316 g/mol. The van der Waals surface area contributed by atoms with Gasteiger partial charge in [0.15, 0.2) is 0 Å². The van der Waals surface area contributed by atoms with Gasteiger partial charge in [-0.3, -0.25) is 0 Å². The van der Waals surface area contributed by atoms with Crippen LogP contribution in [0.1, 0.15) is 46.5 Å². The SMILES string of the molecule is CCCCCN(CC)C(=O)n1cnc(S(=O)(=O)CCC)n1. The monoisotopic (exact) mass is 316 g/mol. The second-order valence-electron chi connectivity index (χ2n) is 4.86. The van der Waals surface area contributed by atoms with E-state index in [4.69, 9.17) is 0 Å². The van der Waals surface area contributed by atoms with Crippen molar-refractivity contribution >= 4 is 15.9 Å². The molecule has 0 radical (unpaired) electrons. The van der Waals surface area contributed by atoms with E-state index in [1.807, 2.05) is 6.92 Å². The van der Waals surface area contributed by atoms with Crippen LogP contribution < -0.4 is 0 Å². The van der Waals surface area contributed by atoms with Gasteiger partial charge in [0.25, 0.3) is 5.16 Å². The number of nitrogens with zero attached hydrogens (tertiary/aromatic N) is 4. The van der Waals surface area contributed by atoms with Crippen molar-refractivity contribution < 1.29 is 13.2 Å². The molecule has 0 spiro atoms. The van der Waals surface area contributed by atoms with E-state index in [0.717, 1.165) is 23.9 Å². The van der Waals surface area contributed by atoms with Crippen LogP contribution in [0, 0.1) is 0 Å². The first kappa shape index (κ1) is 17.6. The van der Waals surface area contributed by atoms with E-state index < -0.39 is 9.84 Å². The molecule has 0 atom stereocenters. The molecule has 0 aliphatic carbocycles. The number of aromatic nitrogens is 3. The maximum absolute atomic E-state index is 12.3. The number of rotatable bonds is 8. The van der Waals surface area contributed by atoms with Crippen molar-refractivity contribution in [2.75, 3.05) is 18.8 Å². The first-order valence-electron chi connectivity index (χ1n) is 7.39. The third-order valence-corrected chi connectivity index (χ3v) is 4.79. The van der Waals surface area contributed by atoms with E-state index in [1.54, 1.807) is 11.8 Å². The first-order chi connectivity index (χ1) is 9.96. The van der Waals surface area contributed by atoms with Gasteiger partial charge in [-0.15, -0.1) is 5.10 Å². The molecule has 0 saturated carbocycles. The molecule has 0 bridgehead atoms. The summed E-state index contributed by atoms with van der Waals surface area (Å²) in [6.45, 7) is 6.95. The Bertz CT molecular complexity index is 554. The zero-order valence-corrected chi connectivity index (χ0v) is 13.8. The zero-order valence-electron chi connectivity index (χ0n) is 12.9. The lowest BCUT2D eigenvalue weighted by Crippen LogP contribution is -2.35. The number of sulfone groups is 1. The van der Waals surface area contributed by atoms with E-state index in [-0.39, 0.29) is 16.9 Å². The molecule has 0 fully saturated rings. The molecule has 0 saturated heterocycles. The highest BCUT2D eigenvalue weighted by Gasteiger charge is 2.22. The lowest BCUT2D eigenvalue weighted by atomic mass is 10.2. The van der Waals surface area contributed by atoms with Gasteiger partial charge in [0, 0.05) is 13.1 Å². The van der Waals surface area contributed by atoms with E-state index in [2.05, 4.69) is 17.0 Å². The second-order valence-corrected chi connectivity index (χ2v) is 6.86. The van der Waals surface area contributed by atoms with Gasteiger partial charge < -0.3 is 4.90 Å². The molecule has 0 aromatic carbocycles. The molecule has 0 N–H and O–H groups in total. The molecule has 1 heterocycles. The minimum Gasteiger partial charge on any atom is -0.323 e. The van der Waals surface area contributed by atoms with Crippen LogP contribution >= 0.6 is 0 Å². The van der Waals surface area contributed by atoms with Gasteiger partial charge in [0.1, 0.15) is 6.33 Å². The number of amides is 1. The van der Waals surface area contributed by atoms with Crippen molar-refractivity contribution in [1.29, 1.82) is 0 Å². The van der Waals surface area contributed by atoms with Crippen molar-refractivity contribution in [2.45, 2.75) is 51.6 Å². The van der Waals surface area contributed by atoms with Gasteiger partial charge in [-0.1, -0.05) is 26.7 Å². The molecule has 1 aromatic heterocycles. The molecule has 120 valence electrons. The van der Waals surface area contributed by atoms with Gasteiger partial charge in [-0.05, 0) is 19.8 Å². The molecule has 8 heteroatoms. The van der Waals surface area contributed by atoms with E-state index >= 15 is 0 Å². The summed E-state index contributed by atoms with van der Waals surface area (Å²) in [4.78, 5) is 17.7. The van der Waals surface area contributed by atoms with E-state index in [9.17, 15) is 13.2 Å². The Morgan fingerprint density at radius 3 is 2.52 bits per heavy atom. The third-order valence-electron chi connectivity index (χ3n) is 3.10. The minimum atomic E-state index is -3.49. The Labute approximate surface area is 126 Å². The molecule has 1 aromatic rings. The van der Waals surface area contributed by atoms with Crippen molar-refractivity contribution in [2.24, 2.45) is 0 Å². The summed E-state index contributed by atoms with van der Waals surface area (Å²) in [7, 11) is -3.49. The van der Waals surface area contributed by atoms with Crippen LogP contribution in [-0.4, -0.2) is 53.0 Å². The van der Waals surface area contributed by atoms with Crippen molar-refractivity contribution in [1.82, 2.24) is 19.7 Å². The molecule has 0 aliphatic heterocycles. The number of hydrogen-bond acceptors (Lipinski definition) is 5. The lowest BCUT2D eigenvalue weighted by Gasteiger charge is -2.19. The van der Waals surface area contributed by atoms with Crippen molar-refractivity contribution in [3.63, 3.8) is 0 Å². The van der Waals surface area contributed by atoms with Gasteiger partial charge in [0.05, 0.1) is 5.75 Å². The first-order valence-corrected chi connectivity index (χ1v) is 9.05. The summed E-state index contributed by atoms with van der Waals surface area (Å²) >= 11 is 0. The quantitative estimate of drug-likeness (QED) is 0.684. The summed E-state index contributed by atoms with van der Waals surface area (Å²) < 4.78 is 24.7. The number of hydrogen-bond donors (Lipinski definition) is 0. The summed E-state index contributed by atoms with van der Waals surface area (Å²) in [6.07, 6.45) is 4.72. The fourth-order valence-electron chi connectivity index (χ4n) is 1.93. The Balaban J connectivity index is 2.81. The molecule has 7 nitrogen and oxygen atoms in total. The van der Waals surface area contributed by atoms with Crippen LogP contribution in [0.25, 0.3) is 0 Å². The Kier molecular flexibility index (Phi) is 6.80. The second kappa shape index (κ2) is 8.11. The molecule has 0 unspecified atom stereocenters. The topological polar surface area (TPSA) is 85.2 Å². The van der Waals surface area contributed by atoms with Gasteiger partial charge in [-0.25, -0.2) is 18.2 Å². The Morgan fingerprint density at radius 1 is 1.24 bits per heavy atom. The van der Waals surface area contributed by atoms with Crippen LogP contribution in [0.3, 0.4) is 0 Å². The van der Waals surface area contributed by atoms with Crippen molar-refractivity contribution in [3.8, 4) is 0 Å². The fraction of sp³-hybridized carbons (Fsp3) is 0.769. The summed E-state index contributed by atoms with van der Waals surface area (Å²) in [5.41, 5.74) is 0. The smallest absolute Gasteiger partial charge is 0.323 e. The maximum atomic E-state index is 12.3. The van der Waals surface area contributed by atoms with Gasteiger partial charge in [-0.2, -0.15) is 4.68 Å². The van der Waals surface area contributed by atoms with Crippen LogP contribution in [0.15, 0.2) is 11.5 Å². The van der Waals surface area contributed by atoms with Crippen LogP contribution in [0.4, 0.5) is 4.79 Å². The third kappa shape index (κ3) is 4.80. The molecule has 21 heavy (non-hydrogen) atoms. The summed E-state index contributed by atoms with van der Waals surface area (Å²) in [5, 5.41) is 3.55. The summed E-state index contributed by atoms with van der Waals surface area (Å²) in [6, 6.07) is -0.334. The molecule has 0 aliphatic rings. The minimum absolute atomic E-state index is 0.0147. The van der Waals surface area contributed by atoms with Crippen molar-refractivity contribution in [3.05, 3.63) is 6.33 Å². The van der Waals surface area contributed by atoms with Crippen LogP contribution in [0.5, 0.6) is 0 Å². The summed E-state index contributed by atoms with van der Waals surface area (Å²) in [5.74, 6) is -0.0147. The zero-order chi connectivity index (χ0) is 15.9. The Hall–Kier alpha value is -1.44. The van der Waals surface area contributed by atoms with E-state index in [1.165, 1.54) is 6.33 Å². The van der Waals surface area contributed by atoms with Gasteiger partial charge >= 0.3 is 6.03 Å². The molecule has 1 rings (SSSR count). The standard InChI is InChI=1S/C13H24N4O3S/c1-4-7-8-9-16(6-3)13(18)17-11-14-12(15-17)21(19,20)10-5-2/h11H,4-10H2,1-3H3. The highest BCUT2D eigenvalue weighted by atomic mass is 32.2. The maximum Gasteiger partial charge on any atom is 0.346 e. The lowest BCUT2D eigenvalue weighted by molar-refractivity contribution is 0.197. The fourth-order valence-corrected chi connectivity index (χ4v) is 3.07. The van der Waals surface area contributed by atoms with E-state index in [0.29, 0.717) is 19.5 Å². The van der Waals surface area contributed by atoms with Crippen LogP contribution in [-0.2, 0) is 9.84 Å². The number of carbonyl (C=O) groups excluding carboxylic acids is 1. The normalized spacial score (nSPS) is 11.6. The van der Waals surface area contributed by atoms with Gasteiger partial charge in [0.2, 0.25) is 9.84 Å². The Morgan fingerprint density at radius 2 is 1.95 bits per heavy atom. The molecular weight excluding hydrogens is 292 g/mol. The number of unbranched alkanes of at least 4 members (excludes halogenated alkanes) is 2. The highest BCUT2D eigenvalue weighted by molar-refractivity contribution is 7.91. The number of carbonyl (C=O) groups is 1. The largest absolute Gasteiger partial charge is 0.346 e.